The second kappa shape index (κ2) is 7.98. The third-order valence-corrected chi connectivity index (χ3v) is 5.64. The SMILES string of the molecule is CN=C(NCCn1cc(C)cn1)N1CC2(CCCC2)c2ccccc21.I. The van der Waals surface area contributed by atoms with Gasteiger partial charge < -0.3 is 10.2 Å². The maximum Gasteiger partial charge on any atom is 0.198 e. The minimum absolute atomic E-state index is 0. The predicted molar refractivity (Wildman–Crippen MR) is 118 cm³/mol. The van der Waals surface area contributed by atoms with Gasteiger partial charge in [-0.05, 0) is 37.0 Å². The lowest BCUT2D eigenvalue weighted by Gasteiger charge is -2.26. The van der Waals surface area contributed by atoms with Crippen LogP contribution in [0.3, 0.4) is 0 Å². The summed E-state index contributed by atoms with van der Waals surface area (Å²) in [5.74, 6) is 0.972. The van der Waals surface area contributed by atoms with Crippen molar-refractivity contribution in [3.63, 3.8) is 0 Å². The molecule has 2 aromatic rings. The van der Waals surface area contributed by atoms with Crippen LogP contribution >= 0.6 is 24.0 Å². The van der Waals surface area contributed by atoms with Crippen LogP contribution in [-0.4, -0.2) is 35.9 Å². The van der Waals surface area contributed by atoms with Crippen LogP contribution in [0.5, 0.6) is 0 Å². The average molecular weight is 465 g/mol. The van der Waals surface area contributed by atoms with E-state index in [0.717, 1.165) is 25.6 Å². The molecule has 0 bridgehead atoms. The van der Waals surface area contributed by atoms with Crippen molar-refractivity contribution >= 4 is 35.6 Å². The van der Waals surface area contributed by atoms with E-state index < -0.39 is 0 Å². The zero-order valence-electron chi connectivity index (χ0n) is 15.6. The number of benzene rings is 1. The average Bonchev–Trinajstić information content (AvgIpc) is 3.34. The Morgan fingerprint density at radius 3 is 2.73 bits per heavy atom. The van der Waals surface area contributed by atoms with Crippen molar-refractivity contribution in [2.24, 2.45) is 4.99 Å². The lowest BCUT2D eigenvalue weighted by atomic mass is 9.81. The predicted octanol–water partition coefficient (Wildman–Crippen LogP) is 3.72. The van der Waals surface area contributed by atoms with Gasteiger partial charge in [-0.1, -0.05) is 31.0 Å². The van der Waals surface area contributed by atoms with Gasteiger partial charge in [0.25, 0.3) is 0 Å². The molecule has 1 aliphatic carbocycles. The summed E-state index contributed by atoms with van der Waals surface area (Å²) in [4.78, 5) is 6.95. The highest BCUT2D eigenvalue weighted by Crippen LogP contribution is 2.50. The molecule has 2 aliphatic rings. The molecule has 1 spiro atoms. The first kappa shape index (κ1) is 19.2. The highest BCUT2D eigenvalue weighted by Gasteiger charge is 2.45. The number of guanidine groups is 1. The molecule has 1 saturated carbocycles. The monoisotopic (exact) mass is 465 g/mol. The number of aliphatic imine (C=N–C) groups is 1. The Bertz CT molecular complexity index is 776. The molecule has 0 radical (unpaired) electrons. The highest BCUT2D eigenvalue weighted by atomic mass is 127. The minimum Gasteiger partial charge on any atom is -0.354 e. The molecular formula is C20H28IN5. The first-order chi connectivity index (χ1) is 12.2. The number of nitrogens with one attached hydrogen (secondary N) is 1. The maximum absolute atomic E-state index is 4.56. The van der Waals surface area contributed by atoms with Gasteiger partial charge >= 0.3 is 0 Å². The fraction of sp³-hybridized carbons (Fsp3) is 0.500. The van der Waals surface area contributed by atoms with E-state index in [9.17, 15) is 0 Å². The van der Waals surface area contributed by atoms with Crippen LogP contribution in [0.15, 0.2) is 41.7 Å². The molecule has 0 unspecified atom stereocenters. The second-order valence-electron chi connectivity index (χ2n) is 7.35. The summed E-state index contributed by atoms with van der Waals surface area (Å²) >= 11 is 0. The number of para-hydroxylation sites is 1. The Labute approximate surface area is 172 Å². The molecular weight excluding hydrogens is 437 g/mol. The molecule has 1 N–H and O–H groups in total. The van der Waals surface area contributed by atoms with Gasteiger partial charge in [-0.2, -0.15) is 5.10 Å². The number of hydrogen-bond donors (Lipinski definition) is 1. The number of fused-ring (bicyclic) bond motifs is 2. The first-order valence-electron chi connectivity index (χ1n) is 9.29. The summed E-state index contributed by atoms with van der Waals surface area (Å²) in [6.07, 6.45) is 9.24. The van der Waals surface area contributed by atoms with Crippen molar-refractivity contribution in [1.82, 2.24) is 15.1 Å². The standard InChI is InChI=1S/C20H27N5.HI/c1-16-13-23-24(14-16)12-11-22-19(21-2)25-15-20(9-5-6-10-20)17-7-3-4-8-18(17)25;/h3-4,7-8,13-14H,5-6,9-12,15H2,1-2H3,(H,21,22);1H. The van der Waals surface area contributed by atoms with Crippen molar-refractivity contribution in [1.29, 1.82) is 0 Å². The fourth-order valence-corrected chi connectivity index (χ4v) is 4.47. The van der Waals surface area contributed by atoms with E-state index in [1.54, 1.807) is 0 Å². The van der Waals surface area contributed by atoms with Crippen molar-refractivity contribution in [2.45, 2.75) is 44.6 Å². The molecule has 2 heterocycles. The summed E-state index contributed by atoms with van der Waals surface area (Å²) in [5, 5.41) is 7.88. The van der Waals surface area contributed by atoms with Gasteiger partial charge in [0.1, 0.15) is 0 Å². The second-order valence-corrected chi connectivity index (χ2v) is 7.35. The summed E-state index contributed by atoms with van der Waals surface area (Å²) in [6.45, 7) is 4.78. The van der Waals surface area contributed by atoms with E-state index in [-0.39, 0.29) is 24.0 Å². The van der Waals surface area contributed by atoms with Crippen LogP contribution in [-0.2, 0) is 12.0 Å². The van der Waals surface area contributed by atoms with E-state index in [4.69, 9.17) is 0 Å². The van der Waals surface area contributed by atoms with Crippen molar-refractivity contribution in [3.8, 4) is 0 Å². The van der Waals surface area contributed by atoms with Gasteiger partial charge in [0, 0.05) is 37.4 Å². The summed E-state index contributed by atoms with van der Waals surface area (Å²) in [5.41, 5.74) is 4.36. The Morgan fingerprint density at radius 2 is 2.04 bits per heavy atom. The summed E-state index contributed by atoms with van der Waals surface area (Å²) < 4.78 is 1.98. The molecule has 140 valence electrons. The Kier molecular flexibility index (Phi) is 5.89. The van der Waals surface area contributed by atoms with Crippen LogP contribution in [0.4, 0.5) is 5.69 Å². The van der Waals surface area contributed by atoms with Gasteiger partial charge in [-0.3, -0.25) is 9.67 Å². The maximum atomic E-state index is 4.56. The fourth-order valence-electron chi connectivity index (χ4n) is 4.47. The molecule has 1 fully saturated rings. The van der Waals surface area contributed by atoms with Crippen molar-refractivity contribution in [2.75, 3.05) is 25.0 Å². The third kappa shape index (κ3) is 3.48. The van der Waals surface area contributed by atoms with Gasteiger partial charge in [0.15, 0.2) is 5.96 Å². The van der Waals surface area contributed by atoms with Gasteiger partial charge in [0.2, 0.25) is 0 Å². The minimum atomic E-state index is 0. The van der Waals surface area contributed by atoms with Gasteiger partial charge in [-0.25, -0.2) is 0 Å². The highest BCUT2D eigenvalue weighted by molar-refractivity contribution is 14.0. The molecule has 5 nitrogen and oxygen atoms in total. The van der Waals surface area contributed by atoms with E-state index >= 15 is 0 Å². The van der Waals surface area contributed by atoms with Crippen LogP contribution in [0.25, 0.3) is 0 Å². The third-order valence-electron chi connectivity index (χ3n) is 5.64. The quantitative estimate of drug-likeness (QED) is 0.427. The number of hydrogen-bond acceptors (Lipinski definition) is 2. The Morgan fingerprint density at radius 1 is 1.27 bits per heavy atom. The lowest BCUT2D eigenvalue weighted by Crippen LogP contribution is -2.44. The normalized spacial score (nSPS) is 18.1. The Balaban J connectivity index is 0.00000196. The van der Waals surface area contributed by atoms with Gasteiger partial charge in [-0.15, -0.1) is 24.0 Å². The molecule has 6 heteroatoms. The molecule has 26 heavy (non-hydrogen) atoms. The smallest absolute Gasteiger partial charge is 0.198 e. The number of rotatable bonds is 3. The first-order valence-corrected chi connectivity index (χ1v) is 9.29. The van der Waals surface area contributed by atoms with E-state index in [1.165, 1.54) is 42.5 Å². The zero-order valence-corrected chi connectivity index (χ0v) is 17.9. The molecule has 1 aliphatic heterocycles. The van der Waals surface area contributed by atoms with Crippen LogP contribution < -0.4 is 10.2 Å². The molecule has 1 aromatic carbocycles. The summed E-state index contributed by atoms with van der Waals surface area (Å²) in [6, 6.07) is 8.88. The van der Waals surface area contributed by atoms with E-state index in [2.05, 4.69) is 57.7 Å². The van der Waals surface area contributed by atoms with E-state index in [0.29, 0.717) is 5.41 Å². The molecule has 0 saturated heterocycles. The number of aryl methyl sites for hydroxylation is 1. The van der Waals surface area contributed by atoms with E-state index in [1.807, 2.05) is 17.9 Å². The van der Waals surface area contributed by atoms with Crippen LogP contribution in [0.1, 0.15) is 36.8 Å². The molecule has 1 aromatic heterocycles. The van der Waals surface area contributed by atoms with Crippen LogP contribution in [0.2, 0.25) is 0 Å². The number of halogens is 1. The Hall–Kier alpha value is -1.57. The largest absolute Gasteiger partial charge is 0.354 e. The number of nitrogens with zero attached hydrogens (tertiary/aromatic N) is 4. The van der Waals surface area contributed by atoms with Gasteiger partial charge in [0.05, 0.1) is 12.7 Å². The summed E-state index contributed by atoms with van der Waals surface area (Å²) in [7, 11) is 1.88. The lowest BCUT2D eigenvalue weighted by molar-refractivity contribution is 0.477. The van der Waals surface area contributed by atoms with Crippen LogP contribution in [0, 0.1) is 6.92 Å². The molecule has 0 amide bonds. The van der Waals surface area contributed by atoms with Crippen molar-refractivity contribution < 1.29 is 0 Å². The van der Waals surface area contributed by atoms with Crippen molar-refractivity contribution in [3.05, 3.63) is 47.8 Å². The zero-order chi connectivity index (χ0) is 17.3. The molecule has 0 atom stereocenters. The number of aromatic nitrogens is 2. The number of anilines is 1. The topological polar surface area (TPSA) is 45.5 Å². The molecule has 4 rings (SSSR count).